The maximum atomic E-state index is 13.3. The topological polar surface area (TPSA) is 153 Å². The molecule has 1 aromatic heterocycles. The van der Waals surface area contributed by atoms with Gasteiger partial charge in [-0.3, -0.25) is 9.35 Å². The Morgan fingerprint density at radius 2 is 1.68 bits per heavy atom. The number of amides is 1. The zero-order chi connectivity index (χ0) is 28.7. The highest BCUT2D eigenvalue weighted by Gasteiger charge is 2.22. The number of nitrogens with zero attached hydrogens (tertiary/aromatic N) is 2. The van der Waals surface area contributed by atoms with Crippen LogP contribution in [0.4, 0.5) is 17.1 Å². The molecule has 10 nitrogen and oxygen atoms in total. The molecule has 0 fully saturated rings. The van der Waals surface area contributed by atoms with E-state index in [9.17, 15) is 22.9 Å². The maximum absolute atomic E-state index is 13.3. The molecule has 0 atom stereocenters. The summed E-state index contributed by atoms with van der Waals surface area (Å²) >= 11 is 0. The number of fused-ring (bicyclic) bond motifs is 5. The quantitative estimate of drug-likeness (QED) is 0.125. The third-order valence-corrected chi connectivity index (χ3v) is 7.55. The number of nitrogens with one attached hydrogen (secondary N) is 2. The number of azo groups is 1. The molecule has 6 aromatic rings. The van der Waals surface area contributed by atoms with Gasteiger partial charge in [-0.05, 0) is 60.0 Å². The molecule has 4 N–H and O–H groups in total. The van der Waals surface area contributed by atoms with Crippen LogP contribution in [0, 0.1) is 0 Å². The van der Waals surface area contributed by atoms with Gasteiger partial charge in [0.25, 0.3) is 16.0 Å². The van der Waals surface area contributed by atoms with Crippen LogP contribution < -0.4 is 10.1 Å². The highest BCUT2D eigenvalue weighted by Crippen LogP contribution is 2.44. The molecule has 204 valence electrons. The summed E-state index contributed by atoms with van der Waals surface area (Å²) in [4.78, 5) is 16.4. The lowest BCUT2D eigenvalue weighted by Gasteiger charge is -2.12. The monoisotopic (exact) mass is 566 g/mol. The van der Waals surface area contributed by atoms with Crippen LogP contribution in [0.25, 0.3) is 32.6 Å². The summed E-state index contributed by atoms with van der Waals surface area (Å²) in [6.45, 7) is 0. The molecule has 6 rings (SSSR count). The summed E-state index contributed by atoms with van der Waals surface area (Å²) in [6, 6.07) is 25.1. The number of hydrogen-bond acceptors (Lipinski definition) is 7. The average molecular weight is 567 g/mol. The van der Waals surface area contributed by atoms with Crippen LogP contribution >= 0.6 is 0 Å². The first kappa shape index (κ1) is 26.0. The molecule has 0 aliphatic carbocycles. The molecule has 0 spiro atoms. The zero-order valence-electron chi connectivity index (χ0n) is 21.5. The first-order valence-corrected chi connectivity index (χ1v) is 13.8. The molecule has 0 aliphatic rings. The minimum absolute atomic E-state index is 0.0109. The van der Waals surface area contributed by atoms with Crippen LogP contribution in [0.5, 0.6) is 11.5 Å². The molecule has 41 heavy (non-hydrogen) atoms. The summed E-state index contributed by atoms with van der Waals surface area (Å²) in [5.41, 5.74) is 2.14. The number of carbonyl (C=O) groups is 1. The van der Waals surface area contributed by atoms with Gasteiger partial charge < -0.3 is 20.1 Å². The molecule has 0 radical (unpaired) electrons. The van der Waals surface area contributed by atoms with E-state index in [0.29, 0.717) is 27.7 Å². The van der Waals surface area contributed by atoms with Gasteiger partial charge in [-0.25, -0.2) is 0 Å². The Labute approximate surface area is 233 Å². The second-order valence-electron chi connectivity index (χ2n) is 9.23. The Morgan fingerprint density at radius 1 is 0.902 bits per heavy atom. The number of para-hydroxylation sites is 1. The Bertz CT molecular complexity index is 2120. The van der Waals surface area contributed by atoms with E-state index in [1.54, 1.807) is 37.4 Å². The van der Waals surface area contributed by atoms with Crippen molar-refractivity contribution < 1.29 is 27.6 Å². The van der Waals surface area contributed by atoms with E-state index in [2.05, 4.69) is 20.5 Å². The number of benzene rings is 5. The van der Waals surface area contributed by atoms with Gasteiger partial charge >= 0.3 is 0 Å². The first-order chi connectivity index (χ1) is 19.7. The minimum Gasteiger partial charge on any atom is -0.505 e. The number of phenols is 1. The van der Waals surface area contributed by atoms with E-state index in [1.165, 1.54) is 18.2 Å². The van der Waals surface area contributed by atoms with Crippen molar-refractivity contribution in [3.8, 4) is 11.5 Å². The Kier molecular flexibility index (Phi) is 6.37. The smallest absolute Gasteiger partial charge is 0.294 e. The number of methoxy groups -OCH3 is 1. The summed E-state index contributed by atoms with van der Waals surface area (Å²) < 4.78 is 37.8. The van der Waals surface area contributed by atoms with Gasteiger partial charge in [0.1, 0.15) is 11.4 Å². The SMILES string of the molecule is COc1ccc(NC(=O)c2cc3ccc4c5ccccc5[nH]c4c3c(N=Nc3cccc(S(=O)(=O)O)c3)c2O)cc1. The highest BCUT2D eigenvalue weighted by atomic mass is 32.2. The van der Waals surface area contributed by atoms with Crippen LogP contribution in [0.3, 0.4) is 0 Å². The number of phenolic OH excluding ortho intramolecular Hbond substituents is 1. The van der Waals surface area contributed by atoms with E-state index >= 15 is 0 Å². The minimum atomic E-state index is -4.46. The second-order valence-corrected chi connectivity index (χ2v) is 10.7. The maximum Gasteiger partial charge on any atom is 0.294 e. The Morgan fingerprint density at radius 3 is 2.44 bits per heavy atom. The number of ether oxygens (including phenoxy) is 1. The molecule has 11 heteroatoms. The van der Waals surface area contributed by atoms with E-state index in [-0.39, 0.29) is 21.8 Å². The van der Waals surface area contributed by atoms with Crippen molar-refractivity contribution in [1.29, 1.82) is 0 Å². The number of aromatic hydroxyl groups is 1. The molecule has 1 heterocycles. The summed E-state index contributed by atoms with van der Waals surface area (Å²) in [5, 5.41) is 25.6. The lowest BCUT2D eigenvalue weighted by atomic mass is 10.00. The number of rotatable bonds is 6. The Balaban J connectivity index is 1.54. The third kappa shape index (κ3) is 4.84. The molecule has 1 amide bonds. The number of carbonyl (C=O) groups excluding carboxylic acids is 1. The molecule has 0 saturated heterocycles. The molecule has 0 aliphatic heterocycles. The van der Waals surface area contributed by atoms with Crippen molar-refractivity contribution in [3.05, 3.63) is 96.6 Å². The van der Waals surface area contributed by atoms with Crippen molar-refractivity contribution >= 4 is 65.7 Å². The number of H-pyrrole nitrogens is 1. The number of aromatic nitrogens is 1. The van der Waals surface area contributed by atoms with Gasteiger partial charge in [-0.15, -0.1) is 5.11 Å². The second kappa shape index (κ2) is 10.0. The van der Waals surface area contributed by atoms with E-state index in [4.69, 9.17) is 4.74 Å². The first-order valence-electron chi connectivity index (χ1n) is 12.4. The fourth-order valence-electron chi connectivity index (χ4n) is 4.74. The van der Waals surface area contributed by atoms with Gasteiger partial charge in [0.05, 0.1) is 28.8 Å². The van der Waals surface area contributed by atoms with Crippen molar-refractivity contribution in [2.75, 3.05) is 12.4 Å². The Hall–Kier alpha value is -5.26. The van der Waals surface area contributed by atoms with Crippen LogP contribution in [-0.4, -0.2) is 36.1 Å². The molecule has 0 saturated carbocycles. The normalized spacial score (nSPS) is 12.0. The third-order valence-electron chi connectivity index (χ3n) is 6.70. The molecular weight excluding hydrogens is 544 g/mol. The van der Waals surface area contributed by atoms with Gasteiger partial charge in [0, 0.05) is 27.4 Å². The van der Waals surface area contributed by atoms with E-state index in [1.807, 2.05) is 36.4 Å². The summed E-state index contributed by atoms with van der Waals surface area (Å²) in [6.07, 6.45) is 0. The molecule has 5 aromatic carbocycles. The fraction of sp³-hybridized carbons (Fsp3) is 0.0333. The molecular formula is C30H22N4O6S. The van der Waals surface area contributed by atoms with Crippen LogP contribution in [0.2, 0.25) is 0 Å². The van der Waals surface area contributed by atoms with Gasteiger partial charge in [0.2, 0.25) is 0 Å². The lowest BCUT2D eigenvalue weighted by Crippen LogP contribution is -2.12. The predicted octanol–water partition coefficient (Wildman–Crippen LogP) is 7.10. The van der Waals surface area contributed by atoms with Crippen molar-refractivity contribution in [3.63, 3.8) is 0 Å². The number of aromatic amines is 1. The van der Waals surface area contributed by atoms with Gasteiger partial charge in [-0.1, -0.05) is 36.4 Å². The van der Waals surface area contributed by atoms with Gasteiger partial charge in [0.15, 0.2) is 5.75 Å². The predicted molar refractivity (Wildman–Crippen MR) is 156 cm³/mol. The van der Waals surface area contributed by atoms with Crippen molar-refractivity contribution in [1.82, 2.24) is 4.98 Å². The molecule has 0 unspecified atom stereocenters. The summed E-state index contributed by atoms with van der Waals surface area (Å²) in [7, 11) is -2.92. The van der Waals surface area contributed by atoms with Crippen LogP contribution in [-0.2, 0) is 10.1 Å². The van der Waals surface area contributed by atoms with Gasteiger partial charge in [-0.2, -0.15) is 13.5 Å². The highest BCUT2D eigenvalue weighted by molar-refractivity contribution is 7.85. The van der Waals surface area contributed by atoms with Crippen LogP contribution in [0.1, 0.15) is 10.4 Å². The fourth-order valence-corrected chi connectivity index (χ4v) is 5.26. The standard InChI is InChI=1S/C30H22N4O6S/c1-40-20-12-10-18(11-13-20)31-30(36)24-15-17-9-14-23-22-7-2-3-8-25(22)32-27(23)26(17)28(29(24)35)34-33-19-5-4-6-21(16-19)41(37,38)39/h2-16,32,35H,1H3,(H,31,36)(H,37,38,39). The number of anilines is 1. The zero-order valence-corrected chi connectivity index (χ0v) is 22.3. The molecule has 0 bridgehead atoms. The van der Waals surface area contributed by atoms with Crippen molar-refractivity contribution in [2.45, 2.75) is 4.90 Å². The van der Waals surface area contributed by atoms with E-state index in [0.717, 1.165) is 22.4 Å². The number of hydrogen-bond donors (Lipinski definition) is 4. The lowest BCUT2D eigenvalue weighted by molar-refractivity contribution is 0.102. The van der Waals surface area contributed by atoms with Crippen molar-refractivity contribution in [2.24, 2.45) is 10.2 Å². The van der Waals surface area contributed by atoms with Crippen LogP contribution in [0.15, 0.2) is 106 Å². The summed E-state index contributed by atoms with van der Waals surface area (Å²) in [5.74, 6) is -0.361. The van der Waals surface area contributed by atoms with E-state index < -0.39 is 21.8 Å². The largest absolute Gasteiger partial charge is 0.505 e. The average Bonchev–Trinajstić information content (AvgIpc) is 3.35.